The molecular formula is C16H26N2. The second-order valence-electron chi connectivity index (χ2n) is 5.22. The van der Waals surface area contributed by atoms with E-state index in [1.165, 1.54) is 24.8 Å². The van der Waals surface area contributed by atoms with E-state index in [-0.39, 0.29) is 0 Å². The first-order valence-electron chi connectivity index (χ1n) is 7.00. The zero-order valence-electron chi connectivity index (χ0n) is 12.7. The van der Waals surface area contributed by atoms with E-state index in [4.69, 9.17) is 0 Å². The maximum atomic E-state index is 4.45. The maximum absolute atomic E-state index is 4.45. The summed E-state index contributed by atoms with van der Waals surface area (Å²) in [6.45, 7) is 12.6. The molecule has 1 aromatic heterocycles. The molecule has 100 valence electrons. The van der Waals surface area contributed by atoms with Gasteiger partial charge in [0.1, 0.15) is 0 Å². The Balaban J connectivity index is 0.000000771. The molecule has 2 rings (SSSR count). The largest absolute Gasteiger partial charge is 0.255 e. The lowest BCUT2D eigenvalue weighted by molar-refractivity contribution is 0.216. The fraction of sp³-hybridized carbons (Fsp3) is 0.625. The predicted octanol–water partition coefficient (Wildman–Crippen LogP) is 4.71. The standard InChI is InChI=1S/C14H20N2.C2H6/c1-10(14(4)6-5-7-14)8-13-12(3)16-11(2)9-15-13;1-2/h8-9H,5-7H2,1-4H3;1-2H3/b10-8+;. The summed E-state index contributed by atoms with van der Waals surface area (Å²) in [7, 11) is 0. The molecule has 0 aliphatic heterocycles. The zero-order valence-corrected chi connectivity index (χ0v) is 12.7. The monoisotopic (exact) mass is 246 g/mol. The van der Waals surface area contributed by atoms with Crippen molar-refractivity contribution in [3.63, 3.8) is 0 Å². The molecule has 18 heavy (non-hydrogen) atoms. The molecule has 0 unspecified atom stereocenters. The van der Waals surface area contributed by atoms with Gasteiger partial charge in [0.15, 0.2) is 0 Å². The van der Waals surface area contributed by atoms with Crippen molar-refractivity contribution in [3.8, 4) is 0 Å². The van der Waals surface area contributed by atoms with Gasteiger partial charge in [0.25, 0.3) is 0 Å². The summed E-state index contributed by atoms with van der Waals surface area (Å²) in [5.74, 6) is 0. The molecule has 1 aromatic rings. The number of aryl methyl sites for hydroxylation is 2. The molecule has 2 nitrogen and oxygen atoms in total. The van der Waals surface area contributed by atoms with Crippen LogP contribution in [0.2, 0.25) is 0 Å². The molecule has 0 spiro atoms. The molecule has 1 saturated carbocycles. The minimum Gasteiger partial charge on any atom is -0.255 e. The lowest BCUT2D eigenvalue weighted by Gasteiger charge is -2.39. The highest BCUT2D eigenvalue weighted by Crippen LogP contribution is 2.46. The van der Waals surface area contributed by atoms with Gasteiger partial charge in [0, 0.05) is 6.20 Å². The smallest absolute Gasteiger partial charge is 0.0842 e. The van der Waals surface area contributed by atoms with Crippen molar-refractivity contribution in [1.82, 2.24) is 9.97 Å². The van der Waals surface area contributed by atoms with Gasteiger partial charge in [0.2, 0.25) is 0 Å². The molecule has 0 atom stereocenters. The zero-order chi connectivity index (χ0) is 13.8. The first kappa shape index (κ1) is 14.9. The number of hydrogen-bond donors (Lipinski definition) is 0. The van der Waals surface area contributed by atoms with Gasteiger partial charge in [0.05, 0.1) is 17.1 Å². The normalized spacial score (nSPS) is 17.6. The third-order valence-corrected chi connectivity index (χ3v) is 3.87. The minimum atomic E-state index is 0.416. The summed E-state index contributed by atoms with van der Waals surface area (Å²) in [5.41, 5.74) is 4.90. The third-order valence-electron chi connectivity index (χ3n) is 3.87. The van der Waals surface area contributed by atoms with Gasteiger partial charge < -0.3 is 0 Å². The van der Waals surface area contributed by atoms with Crippen molar-refractivity contribution in [1.29, 1.82) is 0 Å². The van der Waals surface area contributed by atoms with E-state index in [2.05, 4.69) is 29.9 Å². The van der Waals surface area contributed by atoms with Crippen LogP contribution in [0, 0.1) is 19.3 Å². The van der Waals surface area contributed by atoms with Gasteiger partial charge in [-0.2, -0.15) is 0 Å². The van der Waals surface area contributed by atoms with Crippen LogP contribution in [0.4, 0.5) is 0 Å². The lowest BCUT2D eigenvalue weighted by Crippen LogP contribution is -2.26. The molecule has 0 saturated heterocycles. The molecule has 1 aliphatic carbocycles. The van der Waals surface area contributed by atoms with Crippen LogP contribution in [-0.4, -0.2) is 9.97 Å². The molecule has 2 heteroatoms. The number of rotatable bonds is 2. The van der Waals surface area contributed by atoms with Crippen LogP contribution in [-0.2, 0) is 0 Å². The van der Waals surface area contributed by atoms with Gasteiger partial charge >= 0.3 is 0 Å². The van der Waals surface area contributed by atoms with Crippen molar-refractivity contribution >= 4 is 6.08 Å². The highest BCUT2D eigenvalue weighted by molar-refractivity contribution is 5.52. The van der Waals surface area contributed by atoms with Crippen molar-refractivity contribution < 1.29 is 0 Å². The van der Waals surface area contributed by atoms with Crippen molar-refractivity contribution in [2.24, 2.45) is 5.41 Å². The van der Waals surface area contributed by atoms with Crippen LogP contribution in [0.1, 0.15) is 64.0 Å². The van der Waals surface area contributed by atoms with Gasteiger partial charge in [-0.3, -0.25) is 9.97 Å². The average molecular weight is 246 g/mol. The third kappa shape index (κ3) is 3.18. The second kappa shape index (κ2) is 6.12. The number of allylic oxidation sites excluding steroid dienone is 1. The Labute approximate surface area is 112 Å². The van der Waals surface area contributed by atoms with Crippen LogP contribution >= 0.6 is 0 Å². The molecule has 0 radical (unpaired) electrons. The topological polar surface area (TPSA) is 25.8 Å². The van der Waals surface area contributed by atoms with Crippen LogP contribution in [0.25, 0.3) is 6.08 Å². The Kier molecular flexibility index (Phi) is 5.06. The SMILES string of the molecule is C/C(=C\c1ncc(C)nc1C)C1(C)CCC1.CC. The van der Waals surface area contributed by atoms with E-state index >= 15 is 0 Å². The van der Waals surface area contributed by atoms with Gasteiger partial charge in [-0.1, -0.05) is 32.8 Å². The lowest BCUT2D eigenvalue weighted by atomic mass is 9.66. The average Bonchev–Trinajstić information content (AvgIpc) is 2.32. The van der Waals surface area contributed by atoms with Crippen LogP contribution in [0.3, 0.4) is 0 Å². The highest BCUT2D eigenvalue weighted by Gasteiger charge is 2.33. The molecule has 0 N–H and O–H groups in total. The molecule has 1 fully saturated rings. The van der Waals surface area contributed by atoms with Gasteiger partial charge in [-0.15, -0.1) is 0 Å². The van der Waals surface area contributed by atoms with E-state index in [1.807, 2.05) is 33.9 Å². The first-order valence-corrected chi connectivity index (χ1v) is 7.00. The van der Waals surface area contributed by atoms with Crippen LogP contribution in [0.15, 0.2) is 11.8 Å². The van der Waals surface area contributed by atoms with E-state index in [1.54, 1.807) is 0 Å². The van der Waals surface area contributed by atoms with E-state index in [0.29, 0.717) is 5.41 Å². The summed E-state index contributed by atoms with van der Waals surface area (Å²) in [4.78, 5) is 8.90. The Morgan fingerprint density at radius 1 is 1.28 bits per heavy atom. The molecular weight excluding hydrogens is 220 g/mol. The highest BCUT2D eigenvalue weighted by atomic mass is 14.8. The predicted molar refractivity (Wildman–Crippen MR) is 78.5 cm³/mol. The second-order valence-corrected chi connectivity index (χ2v) is 5.22. The molecule has 0 amide bonds. The number of nitrogens with zero attached hydrogens (tertiary/aromatic N) is 2. The van der Waals surface area contributed by atoms with E-state index in [9.17, 15) is 0 Å². The first-order chi connectivity index (χ1) is 8.51. The van der Waals surface area contributed by atoms with Crippen molar-refractivity contribution in [2.75, 3.05) is 0 Å². The Bertz CT molecular complexity index is 429. The van der Waals surface area contributed by atoms with Gasteiger partial charge in [-0.25, -0.2) is 0 Å². The summed E-state index contributed by atoms with van der Waals surface area (Å²) in [6, 6.07) is 0. The Morgan fingerprint density at radius 3 is 2.33 bits per heavy atom. The van der Waals surface area contributed by atoms with Crippen molar-refractivity contribution in [3.05, 3.63) is 28.9 Å². The molecule has 1 heterocycles. The number of hydrogen-bond acceptors (Lipinski definition) is 2. The summed E-state index contributed by atoms with van der Waals surface area (Å²) in [5, 5.41) is 0. The summed E-state index contributed by atoms with van der Waals surface area (Å²) < 4.78 is 0. The summed E-state index contributed by atoms with van der Waals surface area (Å²) in [6.07, 6.45) is 8.04. The fourth-order valence-corrected chi connectivity index (χ4v) is 2.23. The Hall–Kier alpha value is -1.18. The fourth-order valence-electron chi connectivity index (χ4n) is 2.23. The van der Waals surface area contributed by atoms with E-state index in [0.717, 1.165) is 17.1 Å². The molecule has 1 aliphatic rings. The quantitative estimate of drug-likeness (QED) is 0.755. The maximum Gasteiger partial charge on any atom is 0.0842 e. The minimum absolute atomic E-state index is 0.416. The molecule has 0 bridgehead atoms. The van der Waals surface area contributed by atoms with E-state index < -0.39 is 0 Å². The van der Waals surface area contributed by atoms with Gasteiger partial charge in [-0.05, 0) is 45.1 Å². The summed E-state index contributed by atoms with van der Waals surface area (Å²) >= 11 is 0. The van der Waals surface area contributed by atoms with Crippen molar-refractivity contribution in [2.45, 2.75) is 60.8 Å². The number of aromatic nitrogens is 2. The van der Waals surface area contributed by atoms with Crippen LogP contribution < -0.4 is 0 Å². The molecule has 0 aromatic carbocycles. The Morgan fingerprint density at radius 2 is 1.89 bits per heavy atom. The van der Waals surface area contributed by atoms with Crippen LogP contribution in [0.5, 0.6) is 0 Å².